The Bertz CT molecular complexity index is 1310. The third-order valence-electron chi connectivity index (χ3n) is 5.94. The number of para-hydroxylation sites is 1. The summed E-state index contributed by atoms with van der Waals surface area (Å²) in [5.74, 6) is 0.0207. The highest BCUT2D eigenvalue weighted by molar-refractivity contribution is 5.98. The van der Waals surface area contributed by atoms with Crippen molar-refractivity contribution in [3.8, 4) is 16.9 Å². The number of rotatable bonds is 7. The molecule has 1 saturated carbocycles. The van der Waals surface area contributed by atoms with Crippen molar-refractivity contribution in [2.24, 2.45) is 5.92 Å². The summed E-state index contributed by atoms with van der Waals surface area (Å²) >= 11 is 0. The van der Waals surface area contributed by atoms with Gasteiger partial charge < -0.3 is 10.2 Å². The third-order valence-corrected chi connectivity index (χ3v) is 5.94. The first-order chi connectivity index (χ1) is 16.6. The van der Waals surface area contributed by atoms with Crippen molar-refractivity contribution in [3.05, 3.63) is 102 Å². The van der Waals surface area contributed by atoms with Gasteiger partial charge in [0.1, 0.15) is 0 Å². The van der Waals surface area contributed by atoms with Gasteiger partial charge in [0.2, 0.25) is 5.91 Å². The van der Waals surface area contributed by atoms with E-state index in [1.807, 2.05) is 77.6 Å². The van der Waals surface area contributed by atoms with Gasteiger partial charge in [0.15, 0.2) is 0 Å². The predicted octanol–water partition coefficient (Wildman–Crippen LogP) is 5.16. The van der Waals surface area contributed by atoms with E-state index in [1.54, 1.807) is 30.1 Å². The lowest BCUT2D eigenvalue weighted by Crippen LogP contribution is -2.26. The van der Waals surface area contributed by atoms with Crippen LogP contribution >= 0.6 is 0 Å². The van der Waals surface area contributed by atoms with Gasteiger partial charge in [0.25, 0.3) is 5.91 Å². The van der Waals surface area contributed by atoms with Crippen LogP contribution in [-0.4, -0.2) is 33.5 Å². The maximum absolute atomic E-state index is 13.2. The monoisotopic (exact) mass is 450 g/mol. The average molecular weight is 451 g/mol. The van der Waals surface area contributed by atoms with Gasteiger partial charge in [-0.05, 0) is 43.2 Å². The molecule has 0 unspecified atom stereocenters. The van der Waals surface area contributed by atoms with Crippen molar-refractivity contribution in [3.63, 3.8) is 0 Å². The Labute approximate surface area is 198 Å². The maximum atomic E-state index is 13.2. The van der Waals surface area contributed by atoms with Crippen molar-refractivity contribution < 1.29 is 9.59 Å². The Hall–Kier alpha value is -4.19. The summed E-state index contributed by atoms with van der Waals surface area (Å²) in [6.45, 7) is 0.397. The molecule has 0 saturated heterocycles. The number of hydrogen-bond donors (Lipinski definition) is 1. The van der Waals surface area contributed by atoms with Crippen LogP contribution in [0.15, 0.2) is 91.1 Å². The van der Waals surface area contributed by atoms with Gasteiger partial charge in [-0.3, -0.25) is 9.59 Å². The molecule has 0 bridgehead atoms. The van der Waals surface area contributed by atoms with E-state index < -0.39 is 0 Å². The minimum Gasteiger partial charge on any atom is -0.337 e. The van der Waals surface area contributed by atoms with Crippen LogP contribution in [-0.2, 0) is 11.3 Å². The van der Waals surface area contributed by atoms with Crippen LogP contribution in [0, 0.1) is 5.92 Å². The molecule has 1 aromatic heterocycles. The standard InChI is InChI=1S/C28H26N4O2/c1-31(28(34)22-11-8-12-24(17-22)29-27(33)21-15-16-21)18-23-19-32(25-13-6-3-7-14-25)30-26(23)20-9-4-2-5-10-20/h2-14,17,19,21H,15-16,18H2,1H3,(H,29,33). The molecule has 6 nitrogen and oxygen atoms in total. The second-order valence-corrected chi connectivity index (χ2v) is 8.65. The number of aromatic nitrogens is 2. The molecule has 0 aliphatic heterocycles. The van der Waals surface area contributed by atoms with Crippen molar-refractivity contribution in [2.45, 2.75) is 19.4 Å². The molecule has 1 fully saturated rings. The lowest BCUT2D eigenvalue weighted by molar-refractivity contribution is -0.117. The Morgan fingerprint density at radius 3 is 2.38 bits per heavy atom. The second-order valence-electron chi connectivity index (χ2n) is 8.65. The SMILES string of the molecule is CN(Cc1cn(-c2ccccc2)nc1-c1ccccc1)C(=O)c1cccc(NC(=O)C2CC2)c1. The summed E-state index contributed by atoms with van der Waals surface area (Å²) in [6, 6.07) is 27.0. The van der Waals surface area contributed by atoms with Gasteiger partial charge in [0, 0.05) is 48.1 Å². The Morgan fingerprint density at radius 1 is 0.971 bits per heavy atom. The molecule has 1 aliphatic carbocycles. The molecule has 0 radical (unpaired) electrons. The molecular weight excluding hydrogens is 424 g/mol. The number of nitrogens with one attached hydrogen (secondary N) is 1. The molecule has 0 atom stereocenters. The van der Waals surface area contributed by atoms with Crippen LogP contribution < -0.4 is 5.32 Å². The fraction of sp³-hybridized carbons (Fsp3) is 0.179. The highest BCUT2D eigenvalue weighted by Gasteiger charge is 2.29. The van der Waals surface area contributed by atoms with E-state index in [0.29, 0.717) is 17.8 Å². The van der Waals surface area contributed by atoms with Gasteiger partial charge in [-0.25, -0.2) is 4.68 Å². The molecule has 34 heavy (non-hydrogen) atoms. The summed E-state index contributed by atoms with van der Waals surface area (Å²) in [6.07, 6.45) is 3.86. The maximum Gasteiger partial charge on any atom is 0.253 e. The van der Waals surface area contributed by atoms with Gasteiger partial charge in [-0.2, -0.15) is 5.10 Å². The summed E-state index contributed by atoms with van der Waals surface area (Å²) in [4.78, 5) is 27.0. The molecular formula is C28H26N4O2. The molecule has 1 N–H and O–H groups in total. The Balaban J connectivity index is 1.39. The fourth-order valence-electron chi connectivity index (χ4n) is 3.94. The van der Waals surface area contributed by atoms with Crippen LogP contribution in [0.4, 0.5) is 5.69 Å². The van der Waals surface area contributed by atoms with Crippen LogP contribution in [0.2, 0.25) is 0 Å². The highest BCUT2D eigenvalue weighted by Crippen LogP contribution is 2.30. The zero-order valence-electron chi connectivity index (χ0n) is 19.0. The largest absolute Gasteiger partial charge is 0.337 e. The zero-order valence-corrected chi connectivity index (χ0v) is 19.0. The lowest BCUT2D eigenvalue weighted by Gasteiger charge is -2.18. The fourth-order valence-corrected chi connectivity index (χ4v) is 3.94. The minimum absolute atomic E-state index is 0.0267. The molecule has 3 aromatic carbocycles. The first-order valence-electron chi connectivity index (χ1n) is 11.4. The third kappa shape index (κ3) is 4.76. The van der Waals surface area contributed by atoms with Gasteiger partial charge in [-0.15, -0.1) is 0 Å². The Kier molecular flexibility index (Phi) is 5.95. The number of benzene rings is 3. The molecule has 1 heterocycles. The van der Waals surface area contributed by atoms with Crippen LogP contribution in [0.5, 0.6) is 0 Å². The molecule has 1 aliphatic rings. The first kappa shape index (κ1) is 21.6. The van der Waals surface area contributed by atoms with E-state index in [1.165, 1.54) is 0 Å². The molecule has 6 heteroatoms. The molecule has 5 rings (SSSR count). The molecule has 0 spiro atoms. The highest BCUT2D eigenvalue weighted by atomic mass is 16.2. The number of carbonyl (C=O) groups is 2. The van der Waals surface area contributed by atoms with Crippen molar-refractivity contribution in [1.29, 1.82) is 0 Å². The van der Waals surface area contributed by atoms with Gasteiger partial charge in [0.05, 0.1) is 11.4 Å². The Morgan fingerprint density at radius 2 is 1.68 bits per heavy atom. The quantitative estimate of drug-likeness (QED) is 0.423. The molecule has 170 valence electrons. The van der Waals surface area contributed by atoms with Gasteiger partial charge in [-0.1, -0.05) is 54.6 Å². The summed E-state index contributed by atoms with van der Waals surface area (Å²) < 4.78 is 1.85. The zero-order chi connectivity index (χ0) is 23.5. The smallest absolute Gasteiger partial charge is 0.253 e. The predicted molar refractivity (Wildman–Crippen MR) is 133 cm³/mol. The van der Waals surface area contributed by atoms with Crippen molar-refractivity contribution >= 4 is 17.5 Å². The molecule has 2 amide bonds. The minimum atomic E-state index is -0.117. The number of amides is 2. The van der Waals surface area contributed by atoms with Gasteiger partial charge >= 0.3 is 0 Å². The van der Waals surface area contributed by atoms with Crippen molar-refractivity contribution in [2.75, 3.05) is 12.4 Å². The van der Waals surface area contributed by atoms with Crippen molar-refractivity contribution in [1.82, 2.24) is 14.7 Å². The second kappa shape index (κ2) is 9.35. The normalized spacial score (nSPS) is 12.9. The summed E-state index contributed by atoms with van der Waals surface area (Å²) in [7, 11) is 1.78. The number of carbonyl (C=O) groups excluding carboxylic acids is 2. The summed E-state index contributed by atoms with van der Waals surface area (Å²) in [5, 5.41) is 7.75. The number of hydrogen-bond acceptors (Lipinski definition) is 3. The summed E-state index contributed by atoms with van der Waals surface area (Å²) in [5.41, 5.74) is 4.93. The first-order valence-corrected chi connectivity index (χ1v) is 11.4. The lowest BCUT2D eigenvalue weighted by atomic mass is 10.1. The van der Waals surface area contributed by atoms with E-state index in [9.17, 15) is 9.59 Å². The number of nitrogens with zero attached hydrogens (tertiary/aromatic N) is 3. The van der Waals surface area contributed by atoms with E-state index in [0.717, 1.165) is 35.3 Å². The van der Waals surface area contributed by atoms with E-state index in [-0.39, 0.29) is 17.7 Å². The van der Waals surface area contributed by atoms with E-state index in [2.05, 4.69) is 5.32 Å². The van der Waals surface area contributed by atoms with Crippen LogP contribution in [0.3, 0.4) is 0 Å². The molecule has 4 aromatic rings. The van der Waals surface area contributed by atoms with Crippen LogP contribution in [0.1, 0.15) is 28.8 Å². The van der Waals surface area contributed by atoms with E-state index >= 15 is 0 Å². The number of anilines is 1. The topological polar surface area (TPSA) is 67.2 Å². The average Bonchev–Trinajstić information content (AvgIpc) is 3.65. The van der Waals surface area contributed by atoms with Crippen LogP contribution in [0.25, 0.3) is 16.9 Å². The van der Waals surface area contributed by atoms with E-state index in [4.69, 9.17) is 5.10 Å².